The van der Waals surface area contributed by atoms with Gasteiger partial charge in [-0.25, -0.2) is 4.79 Å². The van der Waals surface area contributed by atoms with E-state index in [4.69, 9.17) is 0 Å². The molecule has 0 aliphatic carbocycles. The Hall–Kier alpha value is -1.28. The third-order valence-electron chi connectivity index (χ3n) is 2.35. The van der Waals surface area contributed by atoms with Crippen molar-refractivity contribution in [2.24, 2.45) is 0 Å². The van der Waals surface area contributed by atoms with E-state index in [0.717, 1.165) is 6.07 Å². The summed E-state index contributed by atoms with van der Waals surface area (Å²) in [7, 11) is 0. The van der Waals surface area contributed by atoms with Crippen LogP contribution in [0.2, 0.25) is 0 Å². The minimum atomic E-state index is -5.01. The maximum absolute atomic E-state index is 12.8. The Bertz CT molecular complexity index is 492. The van der Waals surface area contributed by atoms with Crippen LogP contribution >= 0.6 is 15.9 Å². The van der Waals surface area contributed by atoms with Gasteiger partial charge in [0.1, 0.15) is 0 Å². The summed E-state index contributed by atoms with van der Waals surface area (Å²) in [6.45, 7) is 0. The molecular weight excluding hydrogens is 305 g/mol. The van der Waals surface area contributed by atoms with Crippen LogP contribution in [0.25, 0.3) is 0 Å². The minimum absolute atomic E-state index is 0.101. The molecule has 1 heterocycles. The number of amides is 2. The van der Waals surface area contributed by atoms with Crippen LogP contribution in [0.4, 0.5) is 23.7 Å². The SMILES string of the molecule is O=C1Nc2c(Br)cccc2C(O)(C(F)(F)F)N1. The van der Waals surface area contributed by atoms with Gasteiger partial charge in [-0.2, -0.15) is 13.2 Å². The number of hydrogen-bond donors (Lipinski definition) is 3. The van der Waals surface area contributed by atoms with Crippen LogP contribution in [-0.4, -0.2) is 17.3 Å². The number of nitrogens with one attached hydrogen (secondary N) is 2. The summed E-state index contributed by atoms with van der Waals surface area (Å²) in [6.07, 6.45) is -5.01. The number of alkyl halides is 3. The summed E-state index contributed by atoms with van der Waals surface area (Å²) in [6, 6.07) is 2.75. The summed E-state index contributed by atoms with van der Waals surface area (Å²) in [4.78, 5) is 11.1. The van der Waals surface area contributed by atoms with E-state index in [1.165, 1.54) is 17.4 Å². The van der Waals surface area contributed by atoms with Crippen LogP contribution < -0.4 is 10.6 Å². The molecule has 1 atom stereocenters. The molecule has 0 aromatic heterocycles. The first-order valence-corrected chi connectivity index (χ1v) is 5.22. The van der Waals surface area contributed by atoms with Crippen LogP contribution in [0.1, 0.15) is 5.56 Å². The lowest BCUT2D eigenvalue weighted by Crippen LogP contribution is -2.60. The Morgan fingerprint density at radius 3 is 2.59 bits per heavy atom. The summed E-state index contributed by atoms with van der Waals surface area (Å²) >= 11 is 3.01. The van der Waals surface area contributed by atoms with Gasteiger partial charge in [0.25, 0.3) is 5.72 Å². The molecule has 1 aliphatic heterocycles. The molecule has 0 bridgehead atoms. The fourth-order valence-corrected chi connectivity index (χ4v) is 2.02. The molecule has 92 valence electrons. The van der Waals surface area contributed by atoms with Crippen LogP contribution in [0.15, 0.2) is 22.7 Å². The second kappa shape index (κ2) is 3.61. The molecule has 2 amide bonds. The third-order valence-corrected chi connectivity index (χ3v) is 3.01. The average molecular weight is 311 g/mol. The highest BCUT2D eigenvalue weighted by molar-refractivity contribution is 9.10. The lowest BCUT2D eigenvalue weighted by atomic mass is 9.98. The van der Waals surface area contributed by atoms with Gasteiger partial charge in [-0.3, -0.25) is 5.32 Å². The number of benzene rings is 1. The number of carbonyl (C=O) groups is 1. The van der Waals surface area contributed by atoms with E-state index in [1.54, 1.807) is 0 Å². The molecule has 4 nitrogen and oxygen atoms in total. The highest BCUT2D eigenvalue weighted by Gasteiger charge is 2.59. The predicted octanol–water partition coefficient (Wildman–Crippen LogP) is 2.29. The van der Waals surface area contributed by atoms with E-state index in [2.05, 4.69) is 21.2 Å². The Balaban J connectivity index is 2.68. The van der Waals surface area contributed by atoms with Gasteiger partial charge in [-0.15, -0.1) is 0 Å². The zero-order chi connectivity index (χ0) is 12.8. The second-order valence-corrected chi connectivity index (χ2v) is 4.30. The largest absolute Gasteiger partial charge is 0.441 e. The first kappa shape index (κ1) is 12.2. The quantitative estimate of drug-likeness (QED) is 0.688. The molecule has 0 spiro atoms. The number of halogens is 4. The van der Waals surface area contributed by atoms with E-state index >= 15 is 0 Å². The maximum atomic E-state index is 12.8. The Kier molecular flexibility index (Phi) is 2.58. The first-order valence-electron chi connectivity index (χ1n) is 4.43. The van der Waals surface area contributed by atoms with Crippen molar-refractivity contribution >= 4 is 27.6 Å². The summed E-state index contributed by atoms with van der Waals surface area (Å²) in [5, 5.41) is 13.3. The van der Waals surface area contributed by atoms with Gasteiger partial charge in [0, 0.05) is 10.0 Å². The highest BCUT2D eigenvalue weighted by Crippen LogP contribution is 2.44. The Morgan fingerprint density at radius 2 is 2.00 bits per heavy atom. The fourth-order valence-electron chi connectivity index (χ4n) is 1.55. The van der Waals surface area contributed by atoms with E-state index in [9.17, 15) is 23.1 Å². The first-order chi connectivity index (χ1) is 7.75. The third kappa shape index (κ3) is 1.77. The summed E-state index contributed by atoms with van der Waals surface area (Å²) in [5.41, 5.74) is -3.94. The molecule has 2 rings (SSSR count). The second-order valence-electron chi connectivity index (χ2n) is 3.45. The van der Waals surface area contributed by atoms with Crippen molar-refractivity contribution in [1.29, 1.82) is 0 Å². The van der Waals surface area contributed by atoms with Crippen LogP contribution in [0.3, 0.4) is 0 Å². The van der Waals surface area contributed by atoms with Gasteiger partial charge in [0.2, 0.25) is 0 Å². The normalized spacial score (nSPS) is 23.7. The number of hydrogen-bond acceptors (Lipinski definition) is 2. The van der Waals surface area contributed by atoms with E-state index in [0.29, 0.717) is 0 Å². The monoisotopic (exact) mass is 310 g/mol. The van der Waals surface area contributed by atoms with Crippen molar-refractivity contribution in [2.75, 3.05) is 5.32 Å². The van der Waals surface area contributed by atoms with Crippen molar-refractivity contribution in [3.63, 3.8) is 0 Å². The number of anilines is 1. The molecule has 0 fully saturated rings. The molecule has 8 heteroatoms. The van der Waals surface area contributed by atoms with Gasteiger partial charge in [0.05, 0.1) is 5.69 Å². The number of fused-ring (bicyclic) bond motifs is 1. The average Bonchev–Trinajstić information content (AvgIpc) is 2.18. The number of aliphatic hydroxyl groups is 1. The summed E-state index contributed by atoms with van der Waals surface area (Å²) < 4.78 is 38.7. The van der Waals surface area contributed by atoms with Crippen LogP contribution in [0.5, 0.6) is 0 Å². The van der Waals surface area contributed by atoms with Crippen molar-refractivity contribution in [2.45, 2.75) is 11.9 Å². The molecular formula is C9H6BrF3N2O2. The van der Waals surface area contributed by atoms with Crippen molar-refractivity contribution in [3.8, 4) is 0 Å². The zero-order valence-electron chi connectivity index (χ0n) is 8.10. The van der Waals surface area contributed by atoms with Gasteiger partial charge in [-0.1, -0.05) is 12.1 Å². The van der Waals surface area contributed by atoms with E-state index in [-0.39, 0.29) is 10.2 Å². The maximum Gasteiger partial charge on any atom is 0.441 e. The number of urea groups is 1. The van der Waals surface area contributed by atoms with E-state index < -0.39 is 23.5 Å². The van der Waals surface area contributed by atoms with Crippen LogP contribution in [0, 0.1) is 0 Å². The zero-order valence-corrected chi connectivity index (χ0v) is 9.69. The molecule has 0 saturated carbocycles. The number of carbonyl (C=O) groups excluding carboxylic acids is 1. The van der Waals surface area contributed by atoms with Crippen molar-refractivity contribution < 1.29 is 23.1 Å². The van der Waals surface area contributed by atoms with Crippen molar-refractivity contribution in [3.05, 3.63) is 28.2 Å². The number of rotatable bonds is 0. The van der Waals surface area contributed by atoms with Crippen molar-refractivity contribution in [1.82, 2.24) is 5.32 Å². The predicted molar refractivity (Wildman–Crippen MR) is 56.2 cm³/mol. The topological polar surface area (TPSA) is 61.4 Å². The molecule has 0 saturated heterocycles. The molecule has 0 radical (unpaired) electrons. The molecule has 1 aliphatic rings. The minimum Gasteiger partial charge on any atom is -0.360 e. The van der Waals surface area contributed by atoms with Crippen LogP contribution in [-0.2, 0) is 5.72 Å². The Labute approximate surface area is 102 Å². The standard InChI is InChI=1S/C9H6BrF3N2O2/c10-5-3-1-2-4-6(5)14-7(16)15-8(4,17)9(11,12)13/h1-3,17H,(H2,14,15,16). The highest BCUT2D eigenvalue weighted by atomic mass is 79.9. The van der Waals surface area contributed by atoms with Gasteiger partial charge in [-0.05, 0) is 22.0 Å². The molecule has 17 heavy (non-hydrogen) atoms. The molecule has 3 N–H and O–H groups in total. The number of para-hydroxylation sites is 1. The van der Waals surface area contributed by atoms with Gasteiger partial charge < -0.3 is 10.4 Å². The van der Waals surface area contributed by atoms with E-state index in [1.807, 2.05) is 0 Å². The summed E-state index contributed by atoms with van der Waals surface area (Å²) in [5.74, 6) is 0. The molecule has 1 unspecified atom stereocenters. The smallest absolute Gasteiger partial charge is 0.360 e. The lowest BCUT2D eigenvalue weighted by molar-refractivity contribution is -0.274. The molecule has 1 aromatic rings. The Morgan fingerprint density at radius 1 is 1.35 bits per heavy atom. The lowest BCUT2D eigenvalue weighted by Gasteiger charge is -2.36. The van der Waals surface area contributed by atoms with Gasteiger partial charge >= 0.3 is 12.2 Å². The van der Waals surface area contributed by atoms with Gasteiger partial charge in [0.15, 0.2) is 0 Å². The fraction of sp³-hybridized carbons (Fsp3) is 0.222. The molecule has 1 aromatic carbocycles.